The Labute approximate surface area is 102 Å². The maximum atomic E-state index is 12.9. The van der Waals surface area contributed by atoms with Crippen molar-refractivity contribution in [2.75, 3.05) is 22.9 Å². The summed E-state index contributed by atoms with van der Waals surface area (Å²) in [6.07, 6.45) is 0.657. The van der Waals surface area contributed by atoms with Gasteiger partial charge < -0.3 is 16.4 Å². The maximum absolute atomic E-state index is 12.9. The average molecular weight is 275 g/mol. The molecule has 1 unspecified atom stereocenters. The molecule has 0 bridgehead atoms. The van der Waals surface area contributed by atoms with E-state index in [4.69, 9.17) is 11.5 Å². The molecule has 1 atom stereocenters. The molecule has 8 nitrogen and oxygen atoms in total. The zero-order valence-corrected chi connectivity index (χ0v) is 9.89. The van der Waals surface area contributed by atoms with Crippen molar-refractivity contribution >= 4 is 33.5 Å². The molecule has 0 aromatic carbocycles. The molecule has 0 spiro atoms. The van der Waals surface area contributed by atoms with Crippen LogP contribution in [0, 0.1) is 0 Å². The van der Waals surface area contributed by atoms with Crippen LogP contribution >= 0.6 is 0 Å². The molecule has 2 heterocycles. The lowest BCUT2D eigenvalue weighted by Crippen LogP contribution is -2.29. The van der Waals surface area contributed by atoms with Gasteiger partial charge in [0.1, 0.15) is 17.3 Å². The Morgan fingerprint density at radius 2 is 1.89 bits per heavy atom. The van der Waals surface area contributed by atoms with E-state index in [2.05, 4.69) is 9.97 Å². The zero-order valence-electron chi connectivity index (χ0n) is 9.08. The SMILES string of the molecule is Nc1ncnc(N)c1N1CC(S(=O)(=O)F)CC1=O. The van der Waals surface area contributed by atoms with Gasteiger partial charge in [0.2, 0.25) is 5.91 Å². The number of aromatic nitrogens is 2. The second-order valence-electron chi connectivity index (χ2n) is 3.80. The molecule has 1 aromatic heterocycles. The van der Waals surface area contributed by atoms with Crippen LogP contribution in [0.5, 0.6) is 0 Å². The summed E-state index contributed by atoms with van der Waals surface area (Å²) in [5.74, 6) is -0.713. The Kier molecular flexibility index (Phi) is 2.81. The quantitative estimate of drug-likeness (QED) is 0.664. The van der Waals surface area contributed by atoms with Gasteiger partial charge >= 0.3 is 10.2 Å². The summed E-state index contributed by atoms with van der Waals surface area (Å²) in [6, 6.07) is 0. The van der Waals surface area contributed by atoms with Crippen LogP contribution in [0.1, 0.15) is 6.42 Å². The van der Waals surface area contributed by atoms with E-state index in [9.17, 15) is 17.1 Å². The van der Waals surface area contributed by atoms with Crippen LogP contribution in [0.15, 0.2) is 6.33 Å². The number of hydrogen-bond donors (Lipinski definition) is 2. The molecule has 98 valence electrons. The van der Waals surface area contributed by atoms with Crippen LogP contribution < -0.4 is 16.4 Å². The van der Waals surface area contributed by atoms with Gasteiger partial charge in [-0.15, -0.1) is 3.89 Å². The fraction of sp³-hybridized carbons (Fsp3) is 0.375. The number of carbonyl (C=O) groups excluding carboxylic acids is 1. The Morgan fingerprint density at radius 1 is 1.33 bits per heavy atom. The highest BCUT2D eigenvalue weighted by Crippen LogP contribution is 2.32. The standard InChI is InChI=1S/C8H10FN5O3S/c9-18(16,17)4-1-5(15)14(2-4)6-7(10)12-3-13-8(6)11/h3-4H,1-2H2,(H4,10,11,12,13). The minimum atomic E-state index is -4.79. The normalized spacial score (nSPS) is 20.4. The van der Waals surface area contributed by atoms with Gasteiger partial charge in [-0.3, -0.25) is 4.79 Å². The number of hydrogen-bond acceptors (Lipinski definition) is 7. The minimum Gasteiger partial charge on any atom is -0.382 e. The van der Waals surface area contributed by atoms with E-state index in [1.165, 1.54) is 0 Å². The zero-order chi connectivity index (χ0) is 13.5. The third kappa shape index (κ3) is 2.06. The molecule has 1 aliphatic heterocycles. The fourth-order valence-electron chi connectivity index (χ4n) is 1.76. The predicted octanol–water partition coefficient (Wildman–Crippen LogP) is -0.954. The highest BCUT2D eigenvalue weighted by atomic mass is 32.3. The summed E-state index contributed by atoms with van der Waals surface area (Å²) < 4.78 is 34.4. The molecule has 1 amide bonds. The highest BCUT2D eigenvalue weighted by Gasteiger charge is 2.40. The van der Waals surface area contributed by atoms with Crippen molar-refractivity contribution in [1.82, 2.24) is 9.97 Å². The molecular formula is C8H10FN5O3S. The van der Waals surface area contributed by atoms with E-state index < -0.39 is 27.8 Å². The van der Waals surface area contributed by atoms with Crippen LogP contribution in [0.4, 0.5) is 21.2 Å². The molecule has 1 saturated heterocycles. The molecule has 0 saturated carbocycles. The van der Waals surface area contributed by atoms with Gasteiger partial charge in [0.25, 0.3) is 0 Å². The molecule has 0 aliphatic carbocycles. The first-order chi connectivity index (χ1) is 8.30. The topological polar surface area (TPSA) is 132 Å². The minimum absolute atomic E-state index is 0.0219. The highest BCUT2D eigenvalue weighted by molar-refractivity contribution is 7.87. The van der Waals surface area contributed by atoms with Crippen LogP contribution in [0.2, 0.25) is 0 Å². The van der Waals surface area contributed by atoms with Gasteiger partial charge in [-0.05, 0) is 0 Å². The van der Waals surface area contributed by atoms with Crippen LogP contribution in [0.3, 0.4) is 0 Å². The van der Waals surface area contributed by atoms with E-state index >= 15 is 0 Å². The van der Waals surface area contributed by atoms with Gasteiger partial charge in [0.15, 0.2) is 11.6 Å². The van der Waals surface area contributed by atoms with E-state index in [0.29, 0.717) is 0 Å². The summed E-state index contributed by atoms with van der Waals surface area (Å²) in [7, 11) is -4.79. The summed E-state index contributed by atoms with van der Waals surface area (Å²) in [4.78, 5) is 20.0. The average Bonchev–Trinajstić information content (AvgIpc) is 2.60. The van der Waals surface area contributed by atoms with Crippen molar-refractivity contribution in [3.05, 3.63) is 6.33 Å². The predicted molar refractivity (Wildman–Crippen MR) is 61.6 cm³/mol. The lowest BCUT2D eigenvalue weighted by Gasteiger charge is -2.18. The van der Waals surface area contributed by atoms with Crippen LogP contribution in [-0.4, -0.2) is 36.1 Å². The van der Waals surface area contributed by atoms with E-state index in [-0.39, 0.29) is 23.9 Å². The fourth-order valence-corrected chi connectivity index (χ4v) is 2.43. The van der Waals surface area contributed by atoms with Crippen molar-refractivity contribution in [1.29, 1.82) is 0 Å². The first-order valence-corrected chi connectivity index (χ1v) is 6.35. The molecule has 2 rings (SSSR count). The first-order valence-electron chi connectivity index (χ1n) is 4.90. The third-order valence-corrected chi connectivity index (χ3v) is 3.75. The lowest BCUT2D eigenvalue weighted by atomic mass is 10.4. The largest absolute Gasteiger partial charge is 0.382 e. The van der Waals surface area contributed by atoms with Crippen LogP contribution in [-0.2, 0) is 15.0 Å². The van der Waals surface area contributed by atoms with E-state index in [1.54, 1.807) is 0 Å². The van der Waals surface area contributed by atoms with Gasteiger partial charge in [-0.2, -0.15) is 8.42 Å². The summed E-state index contributed by atoms with van der Waals surface area (Å²) in [5, 5.41) is -1.41. The Balaban J connectivity index is 2.39. The van der Waals surface area contributed by atoms with Crippen molar-refractivity contribution in [3.63, 3.8) is 0 Å². The van der Waals surface area contributed by atoms with E-state index in [1.807, 2.05) is 0 Å². The van der Waals surface area contributed by atoms with Crippen molar-refractivity contribution < 1.29 is 17.1 Å². The van der Waals surface area contributed by atoms with Crippen LogP contribution in [0.25, 0.3) is 0 Å². The molecule has 1 aromatic rings. The monoisotopic (exact) mass is 275 g/mol. The maximum Gasteiger partial charge on any atom is 0.307 e. The van der Waals surface area contributed by atoms with Gasteiger partial charge in [0, 0.05) is 13.0 Å². The summed E-state index contributed by atoms with van der Waals surface area (Å²) >= 11 is 0. The smallest absolute Gasteiger partial charge is 0.307 e. The second kappa shape index (κ2) is 4.05. The Bertz CT molecular complexity index is 585. The second-order valence-corrected chi connectivity index (χ2v) is 5.42. The van der Waals surface area contributed by atoms with Gasteiger partial charge in [-0.1, -0.05) is 0 Å². The lowest BCUT2D eigenvalue weighted by molar-refractivity contribution is -0.117. The number of nitrogen functional groups attached to an aromatic ring is 2. The van der Waals surface area contributed by atoms with Crippen molar-refractivity contribution in [2.24, 2.45) is 0 Å². The van der Waals surface area contributed by atoms with E-state index in [0.717, 1.165) is 11.2 Å². The molecule has 0 radical (unpaired) electrons. The molecule has 10 heteroatoms. The number of halogens is 1. The number of anilines is 3. The molecule has 4 N–H and O–H groups in total. The van der Waals surface area contributed by atoms with Crippen molar-refractivity contribution in [2.45, 2.75) is 11.7 Å². The molecular weight excluding hydrogens is 265 g/mol. The number of nitrogens with two attached hydrogens (primary N) is 2. The third-order valence-electron chi connectivity index (χ3n) is 2.64. The first kappa shape index (κ1) is 12.5. The molecule has 1 fully saturated rings. The number of carbonyl (C=O) groups is 1. The molecule has 1 aliphatic rings. The molecule has 18 heavy (non-hydrogen) atoms. The van der Waals surface area contributed by atoms with Gasteiger partial charge in [-0.25, -0.2) is 9.97 Å². The number of nitrogens with zero attached hydrogens (tertiary/aromatic N) is 3. The summed E-state index contributed by atoms with van der Waals surface area (Å²) in [5.41, 5.74) is 11.1. The number of amides is 1. The van der Waals surface area contributed by atoms with Crippen molar-refractivity contribution in [3.8, 4) is 0 Å². The van der Waals surface area contributed by atoms with Gasteiger partial charge in [0.05, 0.1) is 0 Å². The summed E-state index contributed by atoms with van der Waals surface area (Å²) in [6.45, 7) is -0.348. The Hall–Kier alpha value is -1.97. The number of rotatable bonds is 2. The Morgan fingerprint density at radius 3 is 2.33 bits per heavy atom.